The molecule has 1 aliphatic carbocycles. The van der Waals surface area contributed by atoms with E-state index < -0.39 is 0 Å². The summed E-state index contributed by atoms with van der Waals surface area (Å²) in [5, 5.41) is 11.9. The fourth-order valence-electron chi connectivity index (χ4n) is 1.80. The van der Waals surface area contributed by atoms with E-state index in [1.54, 1.807) is 6.34 Å². The number of aliphatic hydroxyl groups is 1. The number of rotatable bonds is 1. The SMILES string of the molecule is OC[C@@H]1[C@@H]2CN=CNC[C@H]12. The van der Waals surface area contributed by atoms with Crippen molar-refractivity contribution in [3.8, 4) is 0 Å². The van der Waals surface area contributed by atoms with Gasteiger partial charge in [0.1, 0.15) is 0 Å². The Labute approximate surface area is 60.2 Å². The van der Waals surface area contributed by atoms with Gasteiger partial charge in [-0.3, -0.25) is 4.99 Å². The van der Waals surface area contributed by atoms with Crippen molar-refractivity contribution in [2.45, 2.75) is 0 Å². The lowest BCUT2D eigenvalue weighted by molar-refractivity contribution is 0.263. The molecular weight excluding hydrogens is 128 g/mol. The zero-order chi connectivity index (χ0) is 6.97. The van der Waals surface area contributed by atoms with E-state index in [-0.39, 0.29) is 0 Å². The summed E-state index contributed by atoms with van der Waals surface area (Å²) in [6.07, 6.45) is 1.78. The van der Waals surface area contributed by atoms with Gasteiger partial charge >= 0.3 is 0 Å². The third-order valence-corrected chi connectivity index (χ3v) is 2.57. The largest absolute Gasteiger partial charge is 0.396 e. The first-order chi connectivity index (χ1) is 4.93. The molecule has 2 rings (SSSR count). The fraction of sp³-hybridized carbons (Fsp3) is 0.857. The molecule has 1 fully saturated rings. The Kier molecular flexibility index (Phi) is 1.38. The summed E-state index contributed by atoms with van der Waals surface area (Å²) in [4.78, 5) is 4.14. The van der Waals surface area contributed by atoms with Crippen LogP contribution in [-0.4, -0.2) is 31.1 Å². The van der Waals surface area contributed by atoms with Crippen molar-refractivity contribution in [1.29, 1.82) is 0 Å². The molecule has 0 radical (unpaired) electrons. The van der Waals surface area contributed by atoms with Crippen LogP contribution in [0.2, 0.25) is 0 Å². The summed E-state index contributed by atoms with van der Waals surface area (Å²) in [5.74, 6) is 1.88. The van der Waals surface area contributed by atoms with Crippen LogP contribution in [0.25, 0.3) is 0 Å². The van der Waals surface area contributed by atoms with E-state index in [0.29, 0.717) is 24.4 Å². The van der Waals surface area contributed by atoms with Crippen molar-refractivity contribution < 1.29 is 5.11 Å². The third-order valence-electron chi connectivity index (χ3n) is 2.57. The Morgan fingerprint density at radius 3 is 3.30 bits per heavy atom. The van der Waals surface area contributed by atoms with Gasteiger partial charge in [-0.1, -0.05) is 0 Å². The lowest BCUT2D eigenvalue weighted by atomic mass is 10.3. The monoisotopic (exact) mass is 140 g/mol. The standard InChI is InChI=1S/C7H12N2O/c10-3-7-5-1-8-4-9-2-6(5)7/h4-7,10H,1-3H2,(H,8,9)/t5-,6+,7-. The van der Waals surface area contributed by atoms with Crippen LogP contribution in [-0.2, 0) is 0 Å². The minimum absolute atomic E-state index is 0.340. The lowest BCUT2D eigenvalue weighted by Crippen LogP contribution is -2.14. The van der Waals surface area contributed by atoms with Crippen molar-refractivity contribution in [3.05, 3.63) is 0 Å². The summed E-state index contributed by atoms with van der Waals surface area (Å²) < 4.78 is 0. The van der Waals surface area contributed by atoms with Crippen LogP contribution >= 0.6 is 0 Å². The maximum atomic E-state index is 8.85. The summed E-state index contributed by atoms with van der Waals surface area (Å²) in [6, 6.07) is 0. The van der Waals surface area contributed by atoms with Crippen LogP contribution in [0.5, 0.6) is 0 Å². The average molecular weight is 140 g/mol. The molecule has 0 bridgehead atoms. The predicted octanol–water partition coefficient (Wildman–Crippen LogP) is -0.528. The van der Waals surface area contributed by atoms with Crippen LogP contribution in [0.1, 0.15) is 0 Å². The quantitative estimate of drug-likeness (QED) is 0.514. The molecule has 56 valence electrons. The fourth-order valence-corrected chi connectivity index (χ4v) is 1.80. The van der Waals surface area contributed by atoms with Gasteiger partial charge in [0.25, 0.3) is 0 Å². The first-order valence-corrected chi connectivity index (χ1v) is 3.76. The molecule has 0 spiro atoms. The van der Waals surface area contributed by atoms with Gasteiger partial charge in [0.05, 0.1) is 6.34 Å². The zero-order valence-corrected chi connectivity index (χ0v) is 5.83. The van der Waals surface area contributed by atoms with Gasteiger partial charge < -0.3 is 10.4 Å². The molecule has 2 aliphatic rings. The molecule has 0 aromatic rings. The van der Waals surface area contributed by atoms with E-state index in [1.165, 1.54) is 0 Å². The molecule has 0 unspecified atom stereocenters. The zero-order valence-electron chi connectivity index (χ0n) is 5.83. The highest BCUT2D eigenvalue weighted by molar-refractivity contribution is 5.55. The maximum Gasteiger partial charge on any atom is 0.0824 e. The molecule has 0 aromatic heterocycles. The Balaban J connectivity index is 1.96. The van der Waals surface area contributed by atoms with E-state index in [0.717, 1.165) is 13.1 Å². The van der Waals surface area contributed by atoms with Crippen molar-refractivity contribution in [1.82, 2.24) is 5.32 Å². The summed E-state index contributed by atoms with van der Waals surface area (Å²) >= 11 is 0. The van der Waals surface area contributed by atoms with Crippen molar-refractivity contribution in [2.75, 3.05) is 19.7 Å². The molecule has 0 aromatic carbocycles. The number of fused-ring (bicyclic) bond motifs is 1. The summed E-state index contributed by atoms with van der Waals surface area (Å²) in [6.45, 7) is 2.24. The van der Waals surface area contributed by atoms with Crippen LogP contribution < -0.4 is 5.32 Å². The minimum atomic E-state index is 0.340. The molecule has 1 aliphatic heterocycles. The Hall–Kier alpha value is -0.570. The van der Waals surface area contributed by atoms with E-state index in [1.807, 2.05) is 0 Å². The number of nitrogens with one attached hydrogen (secondary N) is 1. The van der Waals surface area contributed by atoms with E-state index >= 15 is 0 Å². The molecule has 1 saturated carbocycles. The van der Waals surface area contributed by atoms with Crippen molar-refractivity contribution in [3.63, 3.8) is 0 Å². The van der Waals surface area contributed by atoms with Gasteiger partial charge in [0.2, 0.25) is 0 Å². The van der Waals surface area contributed by atoms with Crippen LogP contribution in [0.4, 0.5) is 0 Å². The molecule has 3 nitrogen and oxygen atoms in total. The van der Waals surface area contributed by atoms with Gasteiger partial charge in [-0.05, 0) is 17.8 Å². The van der Waals surface area contributed by atoms with E-state index in [9.17, 15) is 0 Å². The first-order valence-electron chi connectivity index (χ1n) is 3.76. The van der Waals surface area contributed by atoms with E-state index in [4.69, 9.17) is 5.11 Å². The van der Waals surface area contributed by atoms with Crippen LogP contribution in [0.15, 0.2) is 4.99 Å². The second-order valence-electron chi connectivity index (χ2n) is 3.08. The third kappa shape index (κ3) is 0.814. The summed E-state index contributed by atoms with van der Waals surface area (Å²) in [5.41, 5.74) is 0. The van der Waals surface area contributed by atoms with Crippen LogP contribution in [0.3, 0.4) is 0 Å². The van der Waals surface area contributed by atoms with Gasteiger partial charge in [-0.2, -0.15) is 0 Å². The molecule has 0 amide bonds. The molecular formula is C7H12N2O. The highest BCUT2D eigenvalue weighted by atomic mass is 16.3. The van der Waals surface area contributed by atoms with Gasteiger partial charge in [-0.25, -0.2) is 0 Å². The predicted molar refractivity (Wildman–Crippen MR) is 38.9 cm³/mol. The number of aliphatic hydroxyl groups excluding tert-OH is 1. The molecule has 10 heavy (non-hydrogen) atoms. The van der Waals surface area contributed by atoms with Gasteiger partial charge in [-0.15, -0.1) is 0 Å². The second kappa shape index (κ2) is 2.23. The highest BCUT2D eigenvalue weighted by Crippen LogP contribution is 2.45. The molecule has 3 heteroatoms. The van der Waals surface area contributed by atoms with E-state index in [2.05, 4.69) is 10.3 Å². The Bertz CT molecular complexity index is 158. The molecule has 1 heterocycles. The normalized spacial score (nSPS) is 43.5. The van der Waals surface area contributed by atoms with Gasteiger partial charge in [0, 0.05) is 19.7 Å². The average Bonchev–Trinajstić information content (AvgIpc) is 2.59. The smallest absolute Gasteiger partial charge is 0.0824 e. The van der Waals surface area contributed by atoms with Crippen molar-refractivity contribution in [2.24, 2.45) is 22.7 Å². The Morgan fingerprint density at radius 2 is 2.50 bits per heavy atom. The first kappa shape index (κ1) is 6.16. The molecule has 2 N–H and O–H groups in total. The van der Waals surface area contributed by atoms with Crippen molar-refractivity contribution >= 4 is 6.34 Å². The lowest BCUT2D eigenvalue weighted by Gasteiger charge is -1.95. The van der Waals surface area contributed by atoms with Gasteiger partial charge in [0.15, 0.2) is 0 Å². The topological polar surface area (TPSA) is 44.6 Å². The molecule has 0 saturated heterocycles. The second-order valence-corrected chi connectivity index (χ2v) is 3.08. The number of hydrogen-bond acceptors (Lipinski definition) is 3. The maximum absolute atomic E-state index is 8.85. The minimum Gasteiger partial charge on any atom is -0.396 e. The summed E-state index contributed by atoms with van der Waals surface area (Å²) in [7, 11) is 0. The Morgan fingerprint density at radius 1 is 1.60 bits per heavy atom. The number of nitrogens with zero attached hydrogens (tertiary/aromatic N) is 1. The van der Waals surface area contributed by atoms with Crippen LogP contribution in [0, 0.1) is 17.8 Å². The highest BCUT2D eigenvalue weighted by Gasteiger charge is 2.49. The molecule has 3 atom stereocenters. The number of aliphatic imine (C=N–C) groups is 1. The number of hydrogen-bond donors (Lipinski definition) is 2.